The van der Waals surface area contributed by atoms with Crippen LogP contribution in [-0.2, 0) is 14.1 Å². The SMILES string of the molecule is Cc1nn(C)c(C)c1Nc1nc(Nc2c(C)nn(C)c2C)c([N+](=O)[O-])s1. The second kappa shape index (κ2) is 6.41. The zero-order valence-corrected chi connectivity index (χ0v) is 16.2. The Kier molecular flexibility index (Phi) is 4.40. The molecule has 11 heteroatoms. The molecule has 0 aromatic carbocycles. The molecule has 0 atom stereocenters. The fourth-order valence-corrected chi connectivity index (χ4v) is 3.45. The van der Waals surface area contributed by atoms with Crippen molar-refractivity contribution in [2.24, 2.45) is 14.1 Å². The van der Waals surface area contributed by atoms with Crippen LogP contribution in [0.4, 0.5) is 27.3 Å². The molecule has 0 aliphatic carbocycles. The predicted octanol–water partition coefficient (Wildman–Crippen LogP) is 3.24. The second-order valence-corrected chi connectivity index (χ2v) is 7.00. The third-order valence-electron chi connectivity index (χ3n) is 4.27. The van der Waals surface area contributed by atoms with Crippen molar-refractivity contribution in [3.8, 4) is 0 Å². The summed E-state index contributed by atoms with van der Waals surface area (Å²) in [7, 11) is 3.67. The van der Waals surface area contributed by atoms with E-state index in [1.165, 1.54) is 0 Å². The number of nitrogens with one attached hydrogen (secondary N) is 2. The third-order valence-corrected chi connectivity index (χ3v) is 5.19. The van der Waals surface area contributed by atoms with Gasteiger partial charge in [-0.15, -0.1) is 0 Å². The molecule has 0 fully saturated rings. The molecule has 0 saturated heterocycles. The van der Waals surface area contributed by atoms with E-state index >= 15 is 0 Å². The summed E-state index contributed by atoms with van der Waals surface area (Å²) in [5.74, 6) is 0.195. The molecule has 0 radical (unpaired) electrons. The first kappa shape index (κ1) is 17.9. The zero-order valence-electron chi connectivity index (χ0n) is 15.4. The van der Waals surface area contributed by atoms with Crippen LogP contribution >= 0.6 is 11.3 Å². The van der Waals surface area contributed by atoms with Crippen molar-refractivity contribution in [2.75, 3.05) is 10.6 Å². The number of hydrogen-bond donors (Lipinski definition) is 2. The van der Waals surface area contributed by atoms with Crippen LogP contribution in [0, 0.1) is 37.8 Å². The number of aromatic nitrogens is 5. The maximum atomic E-state index is 11.5. The number of nitrogens with zero attached hydrogens (tertiary/aromatic N) is 6. The Labute approximate surface area is 154 Å². The summed E-state index contributed by atoms with van der Waals surface area (Å²) in [5.41, 5.74) is 4.88. The first-order chi connectivity index (χ1) is 12.2. The van der Waals surface area contributed by atoms with Gasteiger partial charge in [-0.1, -0.05) is 0 Å². The molecule has 0 bridgehead atoms. The molecule has 0 saturated carbocycles. The van der Waals surface area contributed by atoms with Gasteiger partial charge in [0.05, 0.1) is 39.1 Å². The lowest BCUT2D eigenvalue weighted by Gasteiger charge is -2.04. The summed E-state index contributed by atoms with van der Waals surface area (Å²) < 4.78 is 3.47. The van der Waals surface area contributed by atoms with Gasteiger partial charge in [-0.05, 0) is 39.0 Å². The number of thiazole rings is 1. The Hall–Kier alpha value is -2.95. The number of anilines is 4. The van der Waals surface area contributed by atoms with Crippen LogP contribution < -0.4 is 10.6 Å². The van der Waals surface area contributed by atoms with Gasteiger partial charge >= 0.3 is 5.00 Å². The highest BCUT2D eigenvalue weighted by atomic mass is 32.1. The molecule has 0 unspecified atom stereocenters. The van der Waals surface area contributed by atoms with Gasteiger partial charge in [0.2, 0.25) is 5.82 Å². The zero-order chi connectivity index (χ0) is 19.2. The highest BCUT2D eigenvalue weighted by Gasteiger charge is 2.24. The fraction of sp³-hybridized carbons (Fsp3) is 0.400. The van der Waals surface area contributed by atoms with Gasteiger partial charge < -0.3 is 10.6 Å². The number of nitro groups is 1. The summed E-state index contributed by atoms with van der Waals surface area (Å²) in [5, 5.41) is 26.7. The monoisotopic (exact) mass is 376 g/mol. The average Bonchev–Trinajstić information content (AvgIpc) is 3.15. The van der Waals surface area contributed by atoms with Crippen molar-refractivity contribution in [3.05, 3.63) is 32.9 Å². The quantitative estimate of drug-likeness (QED) is 0.519. The van der Waals surface area contributed by atoms with E-state index in [-0.39, 0.29) is 10.8 Å². The Balaban J connectivity index is 1.97. The lowest BCUT2D eigenvalue weighted by molar-refractivity contribution is -0.379. The Morgan fingerprint density at radius 1 is 0.962 bits per heavy atom. The smallest absolute Gasteiger partial charge is 0.331 e. The van der Waals surface area contributed by atoms with Gasteiger partial charge in [0, 0.05) is 14.1 Å². The van der Waals surface area contributed by atoms with Crippen molar-refractivity contribution >= 4 is 38.7 Å². The van der Waals surface area contributed by atoms with Crippen molar-refractivity contribution in [2.45, 2.75) is 27.7 Å². The number of aryl methyl sites for hydroxylation is 4. The topological polar surface area (TPSA) is 116 Å². The molecule has 0 aliphatic heterocycles. The maximum Gasteiger partial charge on any atom is 0.369 e. The number of hydrogen-bond acceptors (Lipinski definition) is 8. The van der Waals surface area contributed by atoms with Gasteiger partial charge in [-0.2, -0.15) is 15.2 Å². The molecule has 10 nitrogen and oxygen atoms in total. The lowest BCUT2D eigenvalue weighted by atomic mass is 10.3. The number of rotatable bonds is 5. The molecule has 3 heterocycles. The highest BCUT2D eigenvalue weighted by Crippen LogP contribution is 2.39. The van der Waals surface area contributed by atoms with Crippen LogP contribution in [0.5, 0.6) is 0 Å². The van der Waals surface area contributed by atoms with E-state index < -0.39 is 4.92 Å². The van der Waals surface area contributed by atoms with Gasteiger partial charge in [-0.25, -0.2) is 0 Å². The summed E-state index contributed by atoms with van der Waals surface area (Å²) >= 11 is 0.979. The molecule has 3 rings (SSSR count). The Bertz CT molecular complexity index is 1000. The average molecular weight is 376 g/mol. The van der Waals surface area contributed by atoms with E-state index in [1.807, 2.05) is 41.8 Å². The molecule has 26 heavy (non-hydrogen) atoms. The van der Waals surface area contributed by atoms with Crippen LogP contribution in [0.25, 0.3) is 0 Å². The van der Waals surface area contributed by atoms with E-state index in [0.29, 0.717) is 5.13 Å². The van der Waals surface area contributed by atoms with Crippen LogP contribution in [0.1, 0.15) is 22.8 Å². The van der Waals surface area contributed by atoms with Crippen molar-refractivity contribution in [3.63, 3.8) is 0 Å². The van der Waals surface area contributed by atoms with Gasteiger partial charge in [-0.3, -0.25) is 19.5 Å². The fourth-order valence-electron chi connectivity index (χ4n) is 2.71. The van der Waals surface area contributed by atoms with Crippen molar-refractivity contribution in [1.82, 2.24) is 24.5 Å². The molecule has 0 aliphatic rings. The first-order valence-electron chi connectivity index (χ1n) is 7.88. The lowest BCUT2D eigenvalue weighted by Crippen LogP contribution is -1.99. The molecule has 0 spiro atoms. The third kappa shape index (κ3) is 3.01. The first-order valence-corrected chi connectivity index (χ1v) is 8.70. The molecule has 138 valence electrons. The molecule has 3 aromatic rings. The van der Waals surface area contributed by atoms with Crippen molar-refractivity contribution < 1.29 is 4.92 Å². The minimum Gasteiger partial charge on any atom is -0.331 e. The molecular weight excluding hydrogens is 356 g/mol. The highest BCUT2D eigenvalue weighted by molar-refractivity contribution is 7.19. The second-order valence-electron chi connectivity index (χ2n) is 6.02. The summed E-state index contributed by atoms with van der Waals surface area (Å²) in [6.45, 7) is 7.53. The molecule has 3 aromatic heterocycles. The van der Waals surface area contributed by atoms with E-state index in [2.05, 4.69) is 25.8 Å². The summed E-state index contributed by atoms with van der Waals surface area (Å²) in [6.07, 6.45) is 0. The normalized spacial score (nSPS) is 11.0. The summed E-state index contributed by atoms with van der Waals surface area (Å²) in [4.78, 5) is 15.4. The van der Waals surface area contributed by atoms with E-state index in [1.54, 1.807) is 9.36 Å². The van der Waals surface area contributed by atoms with Crippen molar-refractivity contribution in [1.29, 1.82) is 0 Å². The largest absolute Gasteiger partial charge is 0.369 e. The Morgan fingerprint density at radius 3 is 1.88 bits per heavy atom. The Morgan fingerprint density at radius 2 is 1.46 bits per heavy atom. The summed E-state index contributed by atoms with van der Waals surface area (Å²) in [6, 6.07) is 0. The van der Waals surface area contributed by atoms with Crippen LogP contribution in [-0.4, -0.2) is 29.5 Å². The van der Waals surface area contributed by atoms with Crippen LogP contribution in [0.2, 0.25) is 0 Å². The van der Waals surface area contributed by atoms with E-state index in [4.69, 9.17) is 0 Å². The van der Waals surface area contributed by atoms with E-state index in [9.17, 15) is 10.1 Å². The standard InChI is InChI=1S/C15H20N8O2S/c1-7-11(9(3)21(5)19-7)16-13-14(23(24)25)26-15(18-13)17-12-8(2)20-22(6)10(12)4/h16H,1-6H3,(H,17,18). The minimum atomic E-state index is -0.435. The van der Waals surface area contributed by atoms with Gasteiger partial charge in [0.15, 0.2) is 5.13 Å². The van der Waals surface area contributed by atoms with E-state index in [0.717, 1.165) is 45.5 Å². The minimum absolute atomic E-state index is 0.0608. The maximum absolute atomic E-state index is 11.5. The van der Waals surface area contributed by atoms with Crippen LogP contribution in [0.15, 0.2) is 0 Å². The predicted molar refractivity (Wildman–Crippen MR) is 101 cm³/mol. The molecular formula is C15H20N8O2S. The van der Waals surface area contributed by atoms with Gasteiger partial charge in [0.1, 0.15) is 0 Å². The molecule has 0 amide bonds. The van der Waals surface area contributed by atoms with Gasteiger partial charge in [0.25, 0.3) is 0 Å². The molecule has 2 N–H and O–H groups in total. The van der Waals surface area contributed by atoms with Crippen LogP contribution in [0.3, 0.4) is 0 Å².